The predicted octanol–water partition coefficient (Wildman–Crippen LogP) is 1.20. The predicted molar refractivity (Wildman–Crippen MR) is 59.3 cm³/mol. The molecule has 0 radical (unpaired) electrons. The molecule has 0 fully saturated rings. The van der Waals surface area contributed by atoms with E-state index in [2.05, 4.69) is 0 Å². The van der Waals surface area contributed by atoms with Gasteiger partial charge in [-0.05, 0) is 13.0 Å². The minimum absolute atomic E-state index is 0.0236. The third kappa shape index (κ3) is 2.15. The number of halogens is 2. The van der Waals surface area contributed by atoms with Crippen LogP contribution in [0.4, 0.5) is 14.5 Å². The molecule has 1 aromatic carbocycles. The van der Waals surface area contributed by atoms with Gasteiger partial charge >= 0.3 is 0 Å². The molecule has 0 aliphatic rings. The van der Waals surface area contributed by atoms with Gasteiger partial charge in [-0.1, -0.05) is 6.07 Å². The number of aliphatic hydroxyl groups is 1. The van der Waals surface area contributed by atoms with E-state index in [1.54, 1.807) is 14.1 Å². The molecule has 0 aliphatic heterocycles. The van der Waals surface area contributed by atoms with Gasteiger partial charge in [0.05, 0.1) is 5.69 Å². The Kier molecular flexibility index (Phi) is 3.50. The summed E-state index contributed by atoms with van der Waals surface area (Å²) in [6.07, 6.45) is 0. The van der Waals surface area contributed by atoms with E-state index < -0.39 is 17.2 Å². The molecule has 3 nitrogen and oxygen atoms in total. The SMILES string of the molecule is CN(C)c1c(C(C)(O)CN)ccc(F)c1F. The second-order valence-corrected chi connectivity index (χ2v) is 4.13. The van der Waals surface area contributed by atoms with E-state index in [9.17, 15) is 13.9 Å². The van der Waals surface area contributed by atoms with Gasteiger partial charge in [0.15, 0.2) is 11.6 Å². The molecule has 0 heterocycles. The van der Waals surface area contributed by atoms with Crippen LogP contribution in [0, 0.1) is 11.6 Å². The zero-order valence-corrected chi connectivity index (χ0v) is 9.59. The molecule has 1 rings (SSSR count). The van der Waals surface area contributed by atoms with Crippen molar-refractivity contribution in [3.05, 3.63) is 29.3 Å². The maximum Gasteiger partial charge on any atom is 0.182 e. The Bertz CT molecular complexity index is 392. The first-order chi connectivity index (χ1) is 7.31. The highest BCUT2D eigenvalue weighted by Gasteiger charge is 2.28. The van der Waals surface area contributed by atoms with Crippen LogP contribution < -0.4 is 10.6 Å². The summed E-state index contributed by atoms with van der Waals surface area (Å²) in [4.78, 5) is 1.41. The number of hydrogen-bond donors (Lipinski definition) is 2. The Morgan fingerprint density at radius 3 is 2.38 bits per heavy atom. The van der Waals surface area contributed by atoms with Crippen LogP contribution in [0.5, 0.6) is 0 Å². The van der Waals surface area contributed by atoms with Crippen molar-refractivity contribution in [2.24, 2.45) is 5.73 Å². The van der Waals surface area contributed by atoms with E-state index in [0.717, 1.165) is 6.07 Å². The minimum atomic E-state index is -1.38. The summed E-state index contributed by atoms with van der Waals surface area (Å²) >= 11 is 0. The summed E-state index contributed by atoms with van der Waals surface area (Å²) in [6, 6.07) is 2.34. The van der Waals surface area contributed by atoms with Crippen molar-refractivity contribution in [3.63, 3.8) is 0 Å². The standard InChI is InChI=1S/C11H16F2N2O/c1-11(16,6-14)7-4-5-8(12)9(13)10(7)15(2)3/h4-5,16H,6,14H2,1-3H3. The molecule has 0 saturated carbocycles. The zero-order chi connectivity index (χ0) is 12.5. The summed E-state index contributed by atoms with van der Waals surface area (Å²) in [6.45, 7) is 1.39. The molecular weight excluding hydrogens is 214 g/mol. The van der Waals surface area contributed by atoms with Gasteiger partial charge in [0.1, 0.15) is 5.60 Å². The molecule has 1 unspecified atom stereocenters. The molecule has 1 aromatic rings. The second kappa shape index (κ2) is 4.35. The third-order valence-corrected chi connectivity index (χ3v) is 2.49. The topological polar surface area (TPSA) is 49.5 Å². The van der Waals surface area contributed by atoms with Crippen LogP contribution in [-0.2, 0) is 5.60 Å². The van der Waals surface area contributed by atoms with Crippen molar-refractivity contribution in [2.45, 2.75) is 12.5 Å². The lowest BCUT2D eigenvalue weighted by molar-refractivity contribution is 0.0669. The molecule has 0 spiro atoms. The van der Waals surface area contributed by atoms with Gasteiger partial charge < -0.3 is 15.7 Å². The first kappa shape index (κ1) is 12.9. The highest BCUT2D eigenvalue weighted by molar-refractivity contribution is 5.56. The lowest BCUT2D eigenvalue weighted by Crippen LogP contribution is -2.33. The van der Waals surface area contributed by atoms with Crippen LogP contribution in [0.15, 0.2) is 12.1 Å². The quantitative estimate of drug-likeness (QED) is 0.820. The Labute approximate surface area is 93.5 Å². The fourth-order valence-electron chi connectivity index (χ4n) is 1.52. The van der Waals surface area contributed by atoms with Crippen molar-refractivity contribution in [3.8, 4) is 0 Å². The molecule has 16 heavy (non-hydrogen) atoms. The van der Waals surface area contributed by atoms with Crippen LogP contribution in [0.3, 0.4) is 0 Å². The molecule has 1 atom stereocenters. The monoisotopic (exact) mass is 230 g/mol. The zero-order valence-electron chi connectivity index (χ0n) is 9.59. The lowest BCUT2D eigenvalue weighted by atomic mass is 9.93. The molecule has 90 valence electrons. The van der Waals surface area contributed by atoms with Gasteiger partial charge in [0.2, 0.25) is 0 Å². The number of benzene rings is 1. The Morgan fingerprint density at radius 1 is 1.38 bits per heavy atom. The highest BCUT2D eigenvalue weighted by atomic mass is 19.2. The van der Waals surface area contributed by atoms with Gasteiger partial charge in [0, 0.05) is 26.2 Å². The average Bonchev–Trinajstić information content (AvgIpc) is 2.21. The van der Waals surface area contributed by atoms with Crippen LogP contribution in [-0.4, -0.2) is 25.7 Å². The summed E-state index contributed by atoms with van der Waals surface area (Å²) < 4.78 is 26.7. The molecule has 5 heteroatoms. The van der Waals surface area contributed by atoms with Crippen LogP contribution in [0.2, 0.25) is 0 Å². The maximum atomic E-state index is 13.6. The molecule has 3 N–H and O–H groups in total. The molecule has 0 aliphatic carbocycles. The van der Waals surface area contributed by atoms with Crippen molar-refractivity contribution >= 4 is 5.69 Å². The van der Waals surface area contributed by atoms with E-state index in [1.165, 1.54) is 17.9 Å². The molecule has 0 bridgehead atoms. The Hall–Kier alpha value is -1.20. The van der Waals surface area contributed by atoms with Gasteiger partial charge in [-0.3, -0.25) is 0 Å². The lowest BCUT2D eigenvalue weighted by Gasteiger charge is -2.28. The summed E-state index contributed by atoms with van der Waals surface area (Å²) in [5.41, 5.74) is 4.33. The number of nitrogens with two attached hydrogens (primary N) is 1. The molecular formula is C11H16F2N2O. The smallest absolute Gasteiger partial charge is 0.182 e. The van der Waals surface area contributed by atoms with Crippen LogP contribution >= 0.6 is 0 Å². The summed E-state index contributed by atoms with van der Waals surface area (Å²) in [7, 11) is 3.15. The minimum Gasteiger partial charge on any atom is -0.384 e. The van der Waals surface area contributed by atoms with Gasteiger partial charge in [-0.15, -0.1) is 0 Å². The number of hydrogen-bond acceptors (Lipinski definition) is 3. The average molecular weight is 230 g/mol. The van der Waals surface area contributed by atoms with Crippen molar-refractivity contribution in [1.82, 2.24) is 0 Å². The fourth-order valence-corrected chi connectivity index (χ4v) is 1.52. The van der Waals surface area contributed by atoms with E-state index in [4.69, 9.17) is 5.73 Å². The van der Waals surface area contributed by atoms with E-state index in [1.807, 2.05) is 0 Å². The Morgan fingerprint density at radius 2 is 1.94 bits per heavy atom. The van der Waals surface area contributed by atoms with Crippen molar-refractivity contribution in [1.29, 1.82) is 0 Å². The maximum absolute atomic E-state index is 13.6. The highest BCUT2D eigenvalue weighted by Crippen LogP contribution is 2.32. The number of anilines is 1. The van der Waals surface area contributed by atoms with E-state index in [-0.39, 0.29) is 17.8 Å². The van der Waals surface area contributed by atoms with Gasteiger partial charge in [0.25, 0.3) is 0 Å². The Balaban J connectivity index is 3.46. The number of rotatable bonds is 3. The van der Waals surface area contributed by atoms with Gasteiger partial charge in [-0.25, -0.2) is 8.78 Å². The molecule has 0 aromatic heterocycles. The third-order valence-electron chi connectivity index (χ3n) is 2.49. The second-order valence-electron chi connectivity index (χ2n) is 4.13. The first-order valence-corrected chi connectivity index (χ1v) is 4.89. The summed E-state index contributed by atoms with van der Waals surface area (Å²) in [5.74, 6) is -1.92. The van der Waals surface area contributed by atoms with Crippen molar-refractivity contribution in [2.75, 3.05) is 25.5 Å². The largest absolute Gasteiger partial charge is 0.384 e. The van der Waals surface area contributed by atoms with Crippen LogP contribution in [0.1, 0.15) is 12.5 Å². The number of nitrogens with zero attached hydrogens (tertiary/aromatic N) is 1. The van der Waals surface area contributed by atoms with E-state index in [0.29, 0.717) is 0 Å². The van der Waals surface area contributed by atoms with Crippen molar-refractivity contribution < 1.29 is 13.9 Å². The molecule has 0 amide bonds. The van der Waals surface area contributed by atoms with Gasteiger partial charge in [-0.2, -0.15) is 0 Å². The van der Waals surface area contributed by atoms with E-state index >= 15 is 0 Å². The normalized spacial score (nSPS) is 14.7. The van der Waals surface area contributed by atoms with Crippen LogP contribution in [0.25, 0.3) is 0 Å². The fraction of sp³-hybridized carbons (Fsp3) is 0.455. The summed E-state index contributed by atoms with van der Waals surface area (Å²) in [5, 5.41) is 10.00. The first-order valence-electron chi connectivity index (χ1n) is 4.89. The molecule has 0 saturated heterocycles.